The Morgan fingerprint density at radius 2 is 1.71 bits per heavy atom. The molecule has 116 valence electrons. The number of hydrogen-bond acceptors (Lipinski definition) is 3. The molecule has 1 heterocycles. The Morgan fingerprint density at radius 1 is 1.00 bits per heavy atom. The first-order valence-corrected chi connectivity index (χ1v) is 8.58. The molecule has 1 N–H and O–H groups in total. The molecule has 0 spiro atoms. The van der Waals surface area contributed by atoms with Crippen LogP contribution in [-0.2, 0) is 11.3 Å². The topological polar surface area (TPSA) is 24.5 Å². The lowest BCUT2D eigenvalue weighted by atomic mass is 10.2. The second-order valence-corrected chi connectivity index (χ2v) is 6.31. The number of benzene rings is 1. The van der Waals surface area contributed by atoms with E-state index in [4.69, 9.17) is 4.74 Å². The van der Waals surface area contributed by atoms with Crippen LogP contribution in [0.25, 0.3) is 0 Å². The molecule has 2 aliphatic rings. The highest BCUT2D eigenvalue weighted by atomic mass is 16.5. The average Bonchev–Trinajstić information content (AvgIpc) is 3.21. The zero-order valence-corrected chi connectivity index (χ0v) is 13.0. The second kappa shape index (κ2) is 7.81. The Hall–Kier alpha value is -1.06. The Kier molecular flexibility index (Phi) is 5.53. The minimum Gasteiger partial charge on any atom is -0.377 e. The predicted octanol–water partition coefficient (Wildman–Crippen LogP) is 3.34. The Morgan fingerprint density at radius 3 is 2.43 bits per heavy atom. The highest BCUT2D eigenvalue weighted by Gasteiger charge is 2.14. The van der Waals surface area contributed by atoms with Crippen molar-refractivity contribution in [3.8, 4) is 0 Å². The first-order valence-electron chi connectivity index (χ1n) is 8.58. The van der Waals surface area contributed by atoms with Gasteiger partial charge in [0.05, 0.1) is 12.7 Å². The Bertz CT molecular complexity index is 406. The van der Waals surface area contributed by atoms with Gasteiger partial charge in [-0.15, -0.1) is 0 Å². The van der Waals surface area contributed by atoms with Gasteiger partial charge in [0.1, 0.15) is 0 Å². The summed E-state index contributed by atoms with van der Waals surface area (Å²) in [4.78, 5) is 2.48. The SMILES string of the molecule is c1cc(N2CCCC2)ccc1CNCCOC1CCCC1. The van der Waals surface area contributed by atoms with Crippen LogP contribution >= 0.6 is 0 Å². The fourth-order valence-electron chi connectivity index (χ4n) is 3.39. The average molecular weight is 288 g/mol. The van der Waals surface area contributed by atoms with E-state index < -0.39 is 0 Å². The van der Waals surface area contributed by atoms with Gasteiger partial charge in [-0.3, -0.25) is 0 Å². The molecule has 3 rings (SSSR count). The van der Waals surface area contributed by atoms with E-state index in [1.54, 1.807) is 0 Å². The zero-order chi connectivity index (χ0) is 14.3. The van der Waals surface area contributed by atoms with Gasteiger partial charge in [-0.05, 0) is 43.4 Å². The molecule has 0 bridgehead atoms. The molecular formula is C18H28N2O. The van der Waals surface area contributed by atoms with Gasteiger partial charge in [-0.1, -0.05) is 25.0 Å². The fraction of sp³-hybridized carbons (Fsp3) is 0.667. The van der Waals surface area contributed by atoms with E-state index in [-0.39, 0.29) is 0 Å². The second-order valence-electron chi connectivity index (χ2n) is 6.31. The lowest BCUT2D eigenvalue weighted by Gasteiger charge is -2.17. The summed E-state index contributed by atoms with van der Waals surface area (Å²) in [7, 11) is 0. The van der Waals surface area contributed by atoms with Gasteiger partial charge < -0.3 is 15.0 Å². The summed E-state index contributed by atoms with van der Waals surface area (Å²) in [5.41, 5.74) is 2.74. The maximum atomic E-state index is 5.86. The van der Waals surface area contributed by atoms with E-state index in [9.17, 15) is 0 Å². The molecule has 21 heavy (non-hydrogen) atoms. The molecule has 0 atom stereocenters. The number of rotatable bonds is 7. The van der Waals surface area contributed by atoms with Crippen molar-refractivity contribution in [3.05, 3.63) is 29.8 Å². The van der Waals surface area contributed by atoms with Crippen molar-refractivity contribution in [1.82, 2.24) is 5.32 Å². The number of anilines is 1. The van der Waals surface area contributed by atoms with Gasteiger partial charge in [0, 0.05) is 31.9 Å². The predicted molar refractivity (Wildman–Crippen MR) is 87.8 cm³/mol. The van der Waals surface area contributed by atoms with Gasteiger partial charge in [0.15, 0.2) is 0 Å². The minimum atomic E-state index is 0.534. The Balaban J connectivity index is 1.33. The molecule has 1 saturated carbocycles. The monoisotopic (exact) mass is 288 g/mol. The lowest BCUT2D eigenvalue weighted by Crippen LogP contribution is -2.22. The van der Waals surface area contributed by atoms with Crippen LogP contribution in [0, 0.1) is 0 Å². The zero-order valence-electron chi connectivity index (χ0n) is 13.0. The van der Waals surface area contributed by atoms with E-state index in [2.05, 4.69) is 34.5 Å². The van der Waals surface area contributed by atoms with Crippen LogP contribution in [0.2, 0.25) is 0 Å². The largest absolute Gasteiger partial charge is 0.377 e. The molecule has 1 aromatic carbocycles. The summed E-state index contributed by atoms with van der Waals surface area (Å²) in [6, 6.07) is 9.02. The van der Waals surface area contributed by atoms with Crippen LogP contribution < -0.4 is 10.2 Å². The third-order valence-corrected chi connectivity index (χ3v) is 4.67. The van der Waals surface area contributed by atoms with Crippen molar-refractivity contribution in [3.63, 3.8) is 0 Å². The smallest absolute Gasteiger partial charge is 0.0594 e. The highest BCUT2D eigenvalue weighted by molar-refractivity contribution is 5.48. The van der Waals surface area contributed by atoms with Crippen LogP contribution in [0.5, 0.6) is 0 Å². The van der Waals surface area contributed by atoms with Crippen LogP contribution in [0.4, 0.5) is 5.69 Å². The number of hydrogen-bond donors (Lipinski definition) is 1. The van der Waals surface area contributed by atoms with Crippen LogP contribution in [0.3, 0.4) is 0 Å². The van der Waals surface area contributed by atoms with Gasteiger partial charge in [-0.2, -0.15) is 0 Å². The summed E-state index contributed by atoms with van der Waals surface area (Å²) in [5, 5.41) is 3.48. The van der Waals surface area contributed by atoms with Gasteiger partial charge in [-0.25, -0.2) is 0 Å². The van der Waals surface area contributed by atoms with Crippen molar-refractivity contribution in [2.45, 2.75) is 51.2 Å². The molecular weight excluding hydrogens is 260 g/mol. The molecule has 1 saturated heterocycles. The van der Waals surface area contributed by atoms with E-state index in [0.29, 0.717) is 6.10 Å². The summed E-state index contributed by atoms with van der Waals surface area (Å²) in [6.07, 6.45) is 8.43. The molecule has 1 aliphatic heterocycles. The molecule has 2 fully saturated rings. The number of nitrogens with one attached hydrogen (secondary N) is 1. The third-order valence-electron chi connectivity index (χ3n) is 4.67. The van der Waals surface area contributed by atoms with Crippen LogP contribution in [-0.4, -0.2) is 32.3 Å². The van der Waals surface area contributed by atoms with E-state index in [1.165, 1.54) is 62.9 Å². The summed E-state index contributed by atoms with van der Waals surface area (Å²) in [6.45, 7) is 5.17. The fourth-order valence-corrected chi connectivity index (χ4v) is 3.39. The maximum Gasteiger partial charge on any atom is 0.0594 e. The summed E-state index contributed by atoms with van der Waals surface area (Å²) >= 11 is 0. The molecule has 3 heteroatoms. The van der Waals surface area contributed by atoms with E-state index in [0.717, 1.165) is 19.7 Å². The number of nitrogens with zero attached hydrogens (tertiary/aromatic N) is 1. The normalized spacial score (nSPS) is 19.5. The van der Waals surface area contributed by atoms with Crippen molar-refractivity contribution in [2.75, 3.05) is 31.1 Å². The molecule has 0 aromatic heterocycles. The molecule has 1 aromatic rings. The van der Waals surface area contributed by atoms with E-state index >= 15 is 0 Å². The third kappa shape index (κ3) is 4.45. The first kappa shape index (κ1) is 14.9. The Labute approximate surface area is 128 Å². The highest BCUT2D eigenvalue weighted by Crippen LogP contribution is 2.21. The lowest BCUT2D eigenvalue weighted by molar-refractivity contribution is 0.0603. The van der Waals surface area contributed by atoms with Crippen molar-refractivity contribution in [1.29, 1.82) is 0 Å². The van der Waals surface area contributed by atoms with Crippen LogP contribution in [0.15, 0.2) is 24.3 Å². The van der Waals surface area contributed by atoms with Gasteiger partial charge in [0.25, 0.3) is 0 Å². The van der Waals surface area contributed by atoms with Crippen molar-refractivity contribution < 1.29 is 4.74 Å². The van der Waals surface area contributed by atoms with Gasteiger partial charge in [0.2, 0.25) is 0 Å². The standard InChI is InChI=1S/C18H28N2O/c1-2-6-18(5-1)21-14-11-19-15-16-7-9-17(10-8-16)20-12-3-4-13-20/h7-10,18-19H,1-6,11-15H2. The minimum absolute atomic E-state index is 0.534. The molecule has 1 aliphatic carbocycles. The van der Waals surface area contributed by atoms with E-state index in [1.807, 2.05) is 0 Å². The molecule has 0 unspecified atom stereocenters. The maximum absolute atomic E-state index is 5.86. The first-order chi connectivity index (χ1) is 10.4. The van der Waals surface area contributed by atoms with Crippen molar-refractivity contribution in [2.24, 2.45) is 0 Å². The number of ether oxygens (including phenoxy) is 1. The van der Waals surface area contributed by atoms with Gasteiger partial charge >= 0.3 is 0 Å². The molecule has 0 radical (unpaired) electrons. The van der Waals surface area contributed by atoms with Crippen LogP contribution in [0.1, 0.15) is 44.1 Å². The molecule has 0 amide bonds. The van der Waals surface area contributed by atoms with Crippen molar-refractivity contribution >= 4 is 5.69 Å². The summed E-state index contributed by atoms with van der Waals surface area (Å²) < 4.78 is 5.86. The summed E-state index contributed by atoms with van der Waals surface area (Å²) in [5.74, 6) is 0. The molecule has 3 nitrogen and oxygen atoms in total. The quantitative estimate of drug-likeness (QED) is 0.779.